The smallest absolute Gasteiger partial charge is 0.355 e. The van der Waals surface area contributed by atoms with Gasteiger partial charge in [0.2, 0.25) is 0 Å². The maximum atomic E-state index is 11.4. The molecule has 28 heavy (non-hydrogen) atoms. The molecule has 2 aromatic rings. The first-order valence-corrected chi connectivity index (χ1v) is 11.7. The minimum Gasteiger partial charge on any atom is -0.457 e. The Morgan fingerprint density at radius 2 is 1.86 bits per heavy atom. The number of benzene rings is 2. The normalized spacial score (nSPS) is 13.9. The first kappa shape index (κ1) is 22.7. The highest BCUT2D eigenvalue weighted by atomic mass is 32.2. The second kappa shape index (κ2) is 10.9. The van der Waals surface area contributed by atoms with E-state index < -0.39 is 24.8 Å². The standard InChI is InChI=1S/C19H25O7PS/c1-2-7-16-10-3-4-12-18(16)25-17-11-5-8-15(14-17)9-6-13-19(26-28(23)24)27(20,21)22/h3-5,8,10-12,14,19H,2,6-7,9,13H2,1H3,(H,23,24)(H2,20,21,22). The van der Waals surface area contributed by atoms with E-state index in [4.69, 9.17) is 9.29 Å². The molecule has 2 aromatic carbocycles. The Balaban J connectivity index is 2.00. The van der Waals surface area contributed by atoms with Gasteiger partial charge in [-0.1, -0.05) is 43.7 Å². The van der Waals surface area contributed by atoms with Gasteiger partial charge in [0.05, 0.1) is 0 Å². The summed E-state index contributed by atoms with van der Waals surface area (Å²) in [6.45, 7) is 2.11. The lowest BCUT2D eigenvalue weighted by atomic mass is 10.1. The molecule has 0 radical (unpaired) electrons. The molecule has 9 heteroatoms. The monoisotopic (exact) mass is 428 g/mol. The number of para-hydroxylation sites is 1. The maximum absolute atomic E-state index is 11.4. The first-order valence-electron chi connectivity index (χ1n) is 8.97. The molecule has 0 aliphatic carbocycles. The Morgan fingerprint density at radius 1 is 1.11 bits per heavy atom. The molecule has 2 unspecified atom stereocenters. The van der Waals surface area contributed by atoms with Gasteiger partial charge in [0.25, 0.3) is 0 Å². The molecule has 0 heterocycles. The van der Waals surface area contributed by atoms with Crippen LogP contribution in [0, 0.1) is 0 Å². The van der Waals surface area contributed by atoms with Crippen molar-refractivity contribution in [3.63, 3.8) is 0 Å². The van der Waals surface area contributed by atoms with Crippen LogP contribution in [0.3, 0.4) is 0 Å². The van der Waals surface area contributed by atoms with Crippen molar-refractivity contribution in [2.45, 2.75) is 44.9 Å². The highest BCUT2D eigenvalue weighted by Gasteiger charge is 2.31. The first-order chi connectivity index (χ1) is 13.3. The van der Waals surface area contributed by atoms with Gasteiger partial charge in [-0.25, -0.2) is 0 Å². The zero-order chi connectivity index (χ0) is 20.6. The van der Waals surface area contributed by atoms with E-state index in [1.165, 1.54) is 0 Å². The minimum absolute atomic E-state index is 0.0407. The van der Waals surface area contributed by atoms with Crippen LogP contribution in [-0.2, 0) is 33.0 Å². The summed E-state index contributed by atoms with van der Waals surface area (Å²) in [6.07, 6.45) is 2.79. The van der Waals surface area contributed by atoms with E-state index >= 15 is 0 Å². The molecule has 0 bridgehead atoms. The lowest BCUT2D eigenvalue weighted by molar-refractivity contribution is 0.212. The SMILES string of the molecule is CCCc1ccccc1Oc1cccc(CCCC(OS(=O)O)P(=O)(O)O)c1. The number of aryl methyl sites for hydroxylation is 2. The Morgan fingerprint density at radius 3 is 2.54 bits per heavy atom. The van der Waals surface area contributed by atoms with Crippen molar-refractivity contribution < 1.29 is 32.0 Å². The zero-order valence-electron chi connectivity index (χ0n) is 15.6. The molecule has 2 rings (SSSR count). The summed E-state index contributed by atoms with van der Waals surface area (Å²) < 4.78 is 41.2. The molecule has 0 spiro atoms. The molecular formula is C19H25O7PS. The van der Waals surface area contributed by atoms with Gasteiger partial charge in [-0.3, -0.25) is 13.3 Å². The van der Waals surface area contributed by atoms with Crippen molar-refractivity contribution in [1.29, 1.82) is 0 Å². The largest absolute Gasteiger partial charge is 0.457 e. The van der Waals surface area contributed by atoms with Crippen molar-refractivity contribution in [3.05, 3.63) is 59.7 Å². The van der Waals surface area contributed by atoms with Crippen LogP contribution in [0.2, 0.25) is 0 Å². The van der Waals surface area contributed by atoms with Crippen molar-refractivity contribution in [3.8, 4) is 11.5 Å². The summed E-state index contributed by atoms with van der Waals surface area (Å²) in [5, 5.41) is 0. The number of hydrogen-bond acceptors (Lipinski definition) is 4. The van der Waals surface area contributed by atoms with Crippen molar-refractivity contribution in [1.82, 2.24) is 0 Å². The predicted molar refractivity (Wildman–Crippen MR) is 108 cm³/mol. The molecule has 3 N–H and O–H groups in total. The minimum atomic E-state index is -4.62. The van der Waals surface area contributed by atoms with Gasteiger partial charge in [-0.05, 0) is 55.0 Å². The summed E-state index contributed by atoms with van der Waals surface area (Å²) in [5.41, 5.74) is 2.06. The molecule has 0 saturated heterocycles. The molecule has 154 valence electrons. The average molecular weight is 428 g/mol. The van der Waals surface area contributed by atoms with Gasteiger partial charge >= 0.3 is 19.0 Å². The fraction of sp³-hybridized carbons (Fsp3) is 0.368. The highest BCUT2D eigenvalue weighted by Crippen LogP contribution is 2.44. The third-order valence-corrected chi connectivity index (χ3v) is 5.76. The third-order valence-electron chi connectivity index (χ3n) is 4.10. The number of hydrogen-bond donors (Lipinski definition) is 3. The average Bonchev–Trinajstić information content (AvgIpc) is 2.62. The number of rotatable bonds is 11. The molecule has 0 aromatic heterocycles. The maximum Gasteiger partial charge on any atom is 0.355 e. The van der Waals surface area contributed by atoms with Crippen molar-refractivity contribution in [2.24, 2.45) is 0 Å². The second-order valence-electron chi connectivity index (χ2n) is 6.36. The summed E-state index contributed by atoms with van der Waals surface area (Å²) in [6, 6.07) is 15.3. The lowest BCUT2D eigenvalue weighted by Gasteiger charge is -2.16. The van der Waals surface area contributed by atoms with Crippen LogP contribution >= 0.6 is 7.60 Å². The Kier molecular flexibility index (Phi) is 8.82. The van der Waals surface area contributed by atoms with Gasteiger partial charge in [0.15, 0.2) is 5.85 Å². The second-order valence-corrected chi connectivity index (χ2v) is 8.74. The van der Waals surface area contributed by atoms with Gasteiger partial charge in [0.1, 0.15) is 11.5 Å². The van der Waals surface area contributed by atoms with E-state index in [2.05, 4.69) is 11.1 Å². The fourth-order valence-electron chi connectivity index (χ4n) is 2.82. The number of ether oxygens (including phenoxy) is 1. The molecule has 0 saturated carbocycles. The summed E-state index contributed by atoms with van der Waals surface area (Å²) >= 11 is -2.73. The third kappa shape index (κ3) is 7.47. The van der Waals surface area contributed by atoms with Crippen LogP contribution in [0.4, 0.5) is 0 Å². The van der Waals surface area contributed by atoms with Crippen LogP contribution in [-0.4, -0.2) is 24.4 Å². The van der Waals surface area contributed by atoms with E-state index in [9.17, 15) is 18.6 Å². The van der Waals surface area contributed by atoms with Crippen LogP contribution < -0.4 is 4.74 Å². The quantitative estimate of drug-likeness (QED) is 0.359. The molecule has 7 nitrogen and oxygen atoms in total. The summed E-state index contributed by atoms with van der Waals surface area (Å²) in [7, 11) is -4.62. The van der Waals surface area contributed by atoms with E-state index in [1.807, 2.05) is 48.5 Å². The Labute approximate surface area is 167 Å². The van der Waals surface area contributed by atoms with Crippen LogP contribution in [0.15, 0.2) is 48.5 Å². The van der Waals surface area contributed by atoms with Gasteiger partial charge in [-0.15, -0.1) is 0 Å². The van der Waals surface area contributed by atoms with E-state index in [1.54, 1.807) is 0 Å². The van der Waals surface area contributed by atoms with Gasteiger partial charge < -0.3 is 14.5 Å². The van der Waals surface area contributed by atoms with Gasteiger partial charge in [-0.2, -0.15) is 4.21 Å². The van der Waals surface area contributed by atoms with Crippen molar-refractivity contribution >= 4 is 19.0 Å². The van der Waals surface area contributed by atoms with Crippen LogP contribution in [0.5, 0.6) is 11.5 Å². The molecule has 0 amide bonds. The molecule has 2 atom stereocenters. The molecule has 0 aliphatic heterocycles. The topological polar surface area (TPSA) is 113 Å². The molecular weight excluding hydrogens is 403 g/mol. The van der Waals surface area contributed by atoms with E-state index in [0.29, 0.717) is 18.6 Å². The van der Waals surface area contributed by atoms with E-state index in [-0.39, 0.29) is 6.42 Å². The zero-order valence-corrected chi connectivity index (χ0v) is 17.3. The lowest BCUT2D eigenvalue weighted by Crippen LogP contribution is -2.15. The van der Waals surface area contributed by atoms with Gasteiger partial charge in [0, 0.05) is 0 Å². The van der Waals surface area contributed by atoms with E-state index in [0.717, 1.165) is 29.7 Å². The fourth-order valence-corrected chi connectivity index (χ4v) is 4.29. The van der Waals surface area contributed by atoms with Crippen LogP contribution in [0.25, 0.3) is 0 Å². The Bertz CT molecular complexity index is 837. The predicted octanol–water partition coefficient (Wildman–Crippen LogP) is 4.41. The molecule has 0 aliphatic rings. The Hall–Kier alpha value is -1.54. The summed E-state index contributed by atoms with van der Waals surface area (Å²) in [5.74, 6) is -0.110. The highest BCUT2D eigenvalue weighted by molar-refractivity contribution is 7.74. The molecule has 0 fully saturated rings. The van der Waals surface area contributed by atoms with Crippen molar-refractivity contribution in [2.75, 3.05) is 0 Å². The summed E-state index contributed by atoms with van der Waals surface area (Å²) in [4.78, 5) is 18.4. The van der Waals surface area contributed by atoms with Crippen LogP contribution in [0.1, 0.15) is 37.3 Å².